The molecule has 1 rings (SSSR count). The summed E-state index contributed by atoms with van der Waals surface area (Å²) in [5.74, 6) is 0. The SMILES string of the molecule is C=CCC1(C)C=CC(=C[SiH2]C=C(C)C)C=C1. The predicted molar refractivity (Wildman–Crippen MR) is 77.3 cm³/mol. The fourth-order valence-electron chi connectivity index (χ4n) is 1.70. The van der Waals surface area contributed by atoms with Crippen molar-refractivity contribution in [2.24, 2.45) is 5.41 Å². The van der Waals surface area contributed by atoms with E-state index in [0.29, 0.717) is 0 Å². The van der Waals surface area contributed by atoms with Gasteiger partial charge in [-0.3, -0.25) is 0 Å². The van der Waals surface area contributed by atoms with Crippen LogP contribution in [0.25, 0.3) is 0 Å². The summed E-state index contributed by atoms with van der Waals surface area (Å²) in [4.78, 5) is 0. The summed E-state index contributed by atoms with van der Waals surface area (Å²) in [7, 11) is -0.175. The van der Waals surface area contributed by atoms with Crippen LogP contribution < -0.4 is 0 Å². The van der Waals surface area contributed by atoms with Crippen LogP contribution in [0.2, 0.25) is 0 Å². The molecule has 0 atom stereocenters. The Bertz CT molecular complexity index is 347. The van der Waals surface area contributed by atoms with Crippen molar-refractivity contribution in [1.82, 2.24) is 0 Å². The molecule has 0 amide bonds. The summed E-state index contributed by atoms with van der Waals surface area (Å²) in [6.07, 6.45) is 12.1. The lowest BCUT2D eigenvalue weighted by atomic mass is 9.82. The number of allylic oxidation sites excluding steroid dienone is 7. The lowest BCUT2D eigenvalue weighted by Crippen LogP contribution is -2.10. The van der Waals surface area contributed by atoms with Crippen LogP contribution in [0.4, 0.5) is 0 Å². The van der Waals surface area contributed by atoms with Gasteiger partial charge in [-0.25, -0.2) is 0 Å². The Kier molecular flexibility index (Phi) is 4.75. The number of hydrogen-bond donors (Lipinski definition) is 0. The molecule has 0 nitrogen and oxygen atoms in total. The van der Waals surface area contributed by atoms with Gasteiger partial charge >= 0.3 is 0 Å². The van der Waals surface area contributed by atoms with Crippen LogP contribution in [-0.2, 0) is 0 Å². The zero-order valence-corrected chi connectivity index (χ0v) is 12.1. The third-order valence-corrected chi connectivity index (χ3v) is 4.54. The molecule has 16 heavy (non-hydrogen) atoms. The highest BCUT2D eigenvalue weighted by atomic mass is 28.2. The van der Waals surface area contributed by atoms with Gasteiger partial charge in [0.25, 0.3) is 0 Å². The van der Waals surface area contributed by atoms with Crippen LogP contribution in [0.15, 0.2) is 59.5 Å². The molecular weight excluding hydrogens is 208 g/mol. The van der Waals surface area contributed by atoms with E-state index in [0.717, 1.165) is 6.42 Å². The third-order valence-electron chi connectivity index (χ3n) is 2.78. The van der Waals surface area contributed by atoms with Crippen LogP contribution >= 0.6 is 0 Å². The Morgan fingerprint density at radius 2 is 2.00 bits per heavy atom. The van der Waals surface area contributed by atoms with E-state index in [1.165, 1.54) is 11.1 Å². The summed E-state index contributed by atoms with van der Waals surface area (Å²) in [5, 5.41) is 0. The molecule has 1 aliphatic rings. The molecule has 86 valence electrons. The topological polar surface area (TPSA) is 0 Å². The molecule has 0 fully saturated rings. The van der Waals surface area contributed by atoms with Crippen molar-refractivity contribution in [2.75, 3.05) is 0 Å². The monoisotopic (exact) mass is 230 g/mol. The predicted octanol–water partition coefficient (Wildman–Crippen LogP) is 3.67. The van der Waals surface area contributed by atoms with Crippen LogP contribution in [0.5, 0.6) is 0 Å². The molecule has 0 aromatic heterocycles. The standard InChI is InChI=1S/C15H22Si/c1-5-8-15(4)9-6-14(7-10-15)12-16-11-13(2)3/h5-7,9-12H,1,8,16H2,2-4H3. The van der Waals surface area contributed by atoms with Gasteiger partial charge in [0.2, 0.25) is 0 Å². The van der Waals surface area contributed by atoms with Gasteiger partial charge in [0.05, 0.1) is 9.52 Å². The van der Waals surface area contributed by atoms with Gasteiger partial charge < -0.3 is 0 Å². The van der Waals surface area contributed by atoms with Gasteiger partial charge in [-0.2, -0.15) is 0 Å². The van der Waals surface area contributed by atoms with E-state index in [4.69, 9.17) is 0 Å². The van der Waals surface area contributed by atoms with Gasteiger partial charge in [0, 0.05) is 5.41 Å². The molecule has 0 saturated carbocycles. The average Bonchev–Trinajstić information content (AvgIpc) is 2.21. The first-order valence-corrected chi connectivity index (χ1v) is 7.52. The second-order valence-corrected chi connectivity index (χ2v) is 6.17. The van der Waals surface area contributed by atoms with Crippen LogP contribution in [0, 0.1) is 5.41 Å². The van der Waals surface area contributed by atoms with Crippen LogP contribution in [-0.4, -0.2) is 9.52 Å². The van der Waals surface area contributed by atoms with Crippen molar-refractivity contribution in [2.45, 2.75) is 27.2 Å². The van der Waals surface area contributed by atoms with E-state index in [-0.39, 0.29) is 14.9 Å². The van der Waals surface area contributed by atoms with Crippen molar-refractivity contribution >= 4 is 9.52 Å². The summed E-state index contributed by atoms with van der Waals surface area (Å²) < 4.78 is 0. The van der Waals surface area contributed by atoms with Gasteiger partial charge in [0.1, 0.15) is 0 Å². The summed E-state index contributed by atoms with van der Waals surface area (Å²) in [6, 6.07) is 0. The summed E-state index contributed by atoms with van der Waals surface area (Å²) >= 11 is 0. The van der Waals surface area contributed by atoms with E-state index >= 15 is 0 Å². The molecule has 0 aliphatic heterocycles. The Morgan fingerprint density at radius 1 is 1.38 bits per heavy atom. The highest BCUT2D eigenvalue weighted by Crippen LogP contribution is 2.30. The Balaban J connectivity index is 2.62. The zero-order valence-electron chi connectivity index (χ0n) is 10.7. The molecule has 0 N–H and O–H groups in total. The van der Waals surface area contributed by atoms with Gasteiger partial charge in [-0.1, -0.05) is 54.3 Å². The highest BCUT2D eigenvalue weighted by Gasteiger charge is 2.17. The lowest BCUT2D eigenvalue weighted by molar-refractivity contribution is 0.558. The van der Waals surface area contributed by atoms with E-state index < -0.39 is 0 Å². The molecule has 1 aliphatic carbocycles. The van der Waals surface area contributed by atoms with Crippen molar-refractivity contribution < 1.29 is 0 Å². The lowest BCUT2D eigenvalue weighted by Gasteiger charge is -2.23. The first-order chi connectivity index (χ1) is 7.56. The maximum atomic E-state index is 3.80. The average molecular weight is 230 g/mol. The van der Waals surface area contributed by atoms with Gasteiger partial charge in [-0.05, 0) is 25.8 Å². The molecular formula is C15H22Si. The van der Waals surface area contributed by atoms with E-state index in [9.17, 15) is 0 Å². The molecule has 0 spiro atoms. The second kappa shape index (κ2) is 5.85. The van der Waals surface area contributed by atoms with Crippen molar-refractivity contribution in [3.8, 4) is 0 Å². The smallest absolute Gasteiger partial charge is 0.0698 e. The molecule has 1 heteroatoms. The maximum absolute atomic E-state index is 3.80. The molecule has 0 radical (unpaired) electrons. The molecule has 0 unspecified atom stereocenters. The second-order valence-electron chi connectivity index (χ2n) is 4.89. The first-order valence-electron chi connectivity index (χ1n) is 5.89. The minimum absolute atomic E-state index is 0.175. The highest BCUT2D eigenvalue weighted by molar-refractivity contribution is 6.48. The minimum atomic E-state index is -0.175. The Morgan fingerprint density at radius 3 is 2.50 bits per heavy atom. The number of hydrogen-bond acceptors (Lipinski definition) is 0. The van der Waals surface area contributed by atoms with Crippen molar-refractivity contribution in [3.05, 3.63) is 59.5 Å². The largest absolute Gasteiger partial charge is 0.103 e. The molecule has 0 saturated heterocycles. The molecule has 0 heterocycles. The third kappa shape index (κ3) is 4.19. The zero-order chi connectivity index (χ0) is 12.0. The molecule has 0 bridgehead atoms. The molecule has 0 aromatic rings. The van der Waals surface area contributed by atoms with Gasteiger partial charge in [0.15, 0.2) is 0 Å². The van der Waals surface area contributed by atoms with E-state index in [1.807, 2.05) is 6.08 Å². The summed E-state index contributed by atoms with van der Waals surface area (Å²) in [5.41, 5.74) is 7.76. The fourth-order valence-corrected chi connectivity index (χ4v) is 2.83. The number of rotatable bonds is 4. The first kappa shape index (κ1) is 13.0. The fraction of sp³-hybridized carbons (Fsp3) is 0.333. The normalized spacial score (nSPS) is 23.8. The quantitative estimate of drug-likeness (QED) is 0.510. The van der Waals surface area contributed by atoms with Crippen LogP contribution in [0.3, 0.4) is 0 Å². The molecule has 0 aromatic carbocycles. The Hall–Kier alpha value is -1.08. The minimum Gasteiger partial charge on any atom is -0.103 e. The Labute approximate surface area is 102 Å². The van der Waals surface area contributed by atoms with Crippen molar-refractivity contribution in [1.29, 1.82) is 0 Å². The van der Waals surface area contributed by atoms with Crippen LogP contribution in [0.1, 0.15) is 27.2 Å². The van der Waals surface area contributed by atoms with E-state index in [2.05, 4.69) is 63.1 Å². The van der Waals surface area contributed by atoms with Crippen molar-refractivity contribution in [3.63, 3.8) is 0 Å². The van der Waals surface area contributed by atoms with E-state index in [1.54, 1.807) is 0 Å². The summed E-state index contributed by atoms with van der Waals surface area (Å²) in [6.45, 7) is 10.4. The van der Waals surface area contributed by atoms with Gasteiger partial charge in [-0.15, -0.1) is 6.58 Å². The maximum Gasteiger partial charge on any atom is 0.0698 e.